The smallest absolute Gasteiger partial charge is 0.271 e. The van der Waals surface area contributed by atoms with E-state index in [1.165, 1.54) is 22.5 Å². The van der Waals surface area contributed by atoms with Gasteiger partial charge in [-0.1, -0.05) is 35.5 Å². The van der Waals surface area contributed by atoms with Crippen LogP contribution in [0.2, 0.25) is 0 Å². The second-order valence-corrected chi connectivity index (χ2v) is 8.71. The zero-order valence-electron chi connectivity index (χ0n) is 15.8. The zero-order chi connectivity index (χ0) is 20.3. The molecular weight excluding hydrogens is 438 g/mol. The molecule has 3 rings (SSSR count). The molecule has 0 fully saturated rings. The number of nitrogens with zero attached hydrogens (tertiary/aromatic N) is 2. The van der Waals surface area contributed by atoms with Crippen LogP contribution in [0.25, 0.3) is 5.69 Å². The van der Waals surface area contributed by atoms with E-state index in [0.29, 0.717) is 10.7 Å². The van der Waals surface area contributed by atoms with E-state index in [1.807, 2.05) is 63.2 Å². The first-order valence-electron chi connectivity index (χ1n) is 8.74. The number of anilines is 1. The SMILES string of the molecule is Cc1ccc(-n2nc(SC(C)C(=O)Nc3ccc(C)cc3Br)ccc2=O)cc1. The Kier molecular flexibility index (Phi) is 6.36. The lowest BCUT2D eigenvalue weighted by atomic mass is 10.2. The van der Waals surface area contributed by atoms with Crippen LogP contribution in [0.3, 0.4) is 0 Å². The van der Waals surface area contributed by atoms with Crippen LogP contribution in [0.15, 0.2) is 68.9 Å². The first kappa shape index (κ1) is 20.4. The van der Waals surface area contributed by atoms with Gasteiger partial charge in [-0.05, 0) is 72.6 Å². The van der Waals surface area contributed by atoms with Crippen LogP contribution < -0.4 is 10.9 Å². The number of aryl methyl sites for hydroxylation is 2. The molecule has 1 amide bonds. The van der Waals surface area contributed by atoms with Gasteiger partial charge in [0.25, 0.3) is 5.56 Å². The third-order valence-electron chi connectivity index (χ3n) is 4.10. The molecule has 1 heterocycles. The number of halogens is 1. The molecule has 1 N–H and O–H groups in total. The Labute approximate surface area is 176 Å². The number of benzene rings is 2. The van der Waals surface area contributed by atoms with Gasteiger partial charge in [0.2, 0.25) is 5.91 Å². The van der Waals surface area contributed by atoms with E-state index in [4.69, 9.17) is 0 Å². The van der Waals surface area contributed by atoms with E-state index in [9.17, 15) is 9.59 Å². The van der Waals surface area contributed by atoms with Gasteiger partial charge in [-0.2, -0.15) is 9.78 Å². The van der Waals surface area contributed by atoms with Crippen LogP contribution in [0, 0.1) is 13.8 Å². The van der Waals surface area contributed by atoms with Gasteiger partial charge in [-0.3, -0.25) is 9.59 Å². The van der Waals surface area contributed by atoms with Crippen molar-refractivity contribution in [2.45, 2.75) is 31.0 Å². The third kappa shape index (κ3) is 4.91. The van der Waals surface area contributed by atoms with E-state index in [1.54, 1.807) is 6.07 Å². The van der Waals surface area contributed by atoms with E-state index >= 15 is 0 Å². The molecule has 0 saturated heterocycles. The van der Waals surface area contributed by atoms with Gasteiger partial charge < -0.3 is 5.32 Å². The second-order valence-electron chi connectivity index (χ2n) is 6.49. The molecule has 0 aliphatic rings. The molecule has 5 nitrogen and oxygen atoms in total. The molecule has 0 spiro atoms. The largest absolute Gasteiger partial charge is 0.324 e. The number of hydrogen-bond acceptors (Lipinski definition) is 4. The summed E-state index contributed by atoms with van der Waals surface area (Å²) in [5, 5.41) is 7.55. The number of nitrogens with one attached hydrogen (secondary N) is 1. The van der Waals surface area contributed by atoms with Crippen molar-refractivity contribution in [3.8, 4) is 5.69 Å². The molecule has 2 aromatic carbocycles. The molecule has 0 aliphatic heterocycles. The summed E-state index contributed by atoms with van der Waals surface area (Å²) in [6.07, 6.45) is 0. The average molecular weight is 458 g/mol. The highest BCUT2D eigenvalue weighted by Gasteiger charge is 2.17. The molecule has 3 aromatic rings. The maximum absolute atomic E-state index is 12.6. The fourth-order valence-corrected chi connectivity index (χ4v) is 3.91. The van der Waals surface area contributed by atoms with Crippen LogP contribution in [-0.4, -0.2) is 20.9 Å². The van der Waals surface area contributed by atoms with Gasteiger partial charge in [0.05, 0.1) is 16.6 Å². The summed E-state index contributed by atoms with van der Waals surface area (Å²) in [5.74, 6) is -0.135. The lowest BCUT2D eigenvalue weighted by Gasteiger charge is -2.14. The van der Waals surface area contributed by atoms with E-state index < -0.39 is 0 Å². The Morgan fingerprint density at radius 3 is 2.43 bits per heavy atom. The molecule has 0 bridgehead atoms. The summed E-state index contributed by atoms with van der Waals surface area (Å²) < 4.78 is 2.19. The minimum atomic E-state index is -0.385. The Morgan fingerprint density at radius 2 is 1.75 bits per heavy atom. The molecule has 1 unspecified atom stereocenters. The summed E-state index contributed by atoms with van der Waals surface area (Å²) in [6, 6.07) is 16.4. The van der Waals surface area contributed by atoms with Crippen LogP contribution in [-0.2, 0) is 4.79 Å². The van der Waals surface area contributed by atoms with Crippen molar-refractivity contribution in [1.82, 2.24) is 9.78 Å². The number of amides is 1. The molecule has 28 heavy (non-hydrogen) atoms. The van der Waals surface area contributed by atoms with Gasteiger partial charge in [0, 0.05) is 10.5 Å². The molecule has 0 aliphatic carbocycles. The minimum Gasteiger partial charge on any atom is -0.324 e. The minimum absolute atomic E-state index is 0.135. The van der Waals surface area contributed by atoms with Gasteiger partial charge >= 0.3 is 0 Å². The quantitative estimate of drug-likeness (QED) is 0.562. The Morgan fingerprint density at radius 1 is 1.07 bits per heavy atom. The molecule has 0 radical (unpaired) electrons. The van der Waals surface area contributed by atoms with Crippen LogP contribution in [0.5, 0.6) is 0 Å². The van der Waals surface area contributed by atoms with Crippen molar-refractivity contribution >= 4 is 39.3 Å². The van der Waals surface area contributed by atoms with Crippen molar-refractivity contribution < 1.29 is 4.79 Å². The fourth-order valence-electron chi connectivity index (χ4n) is 2.52. The van der Waals surface area contributed by atoms with Gasteiger partial charge in [-0.15, -0.1) is 0 Å². The lowest BCUT2D eigenvalue weighted by Crippen LogP contribution is -2.24. The summed E-state index contributed by atoms with van der Waals surface area (Å²) >= 11 is 4.77. The van der Waals surface area contributed by atoms with Crippen LogP contribution >= 0.6 is 27.7 Å². The van der Waals surface area contributed by atoms with Crippen LogP contribution in [0.4, 0.5) is 5.69 Å². The summed E-state index contributed by atoms with van der Waals surface area (Å²) in [4.78, 5) is 24.8. The highest BCUT2D eigenvalue weighted by molar-refractivity contribution is 9.10. The molecule has 1 aromatic heterocycles. The van der Waals surface area contributed by atoms with Crippen molar-refractivity contribution in [3.63, 3.8) is 0 Å². The first-order chi connectivity index (χ1) is 13.3. The fraction of sp³-hybridized carbons (Fsp3) is 0.190. The number of hydrogen-bond donors (Lipinski definition) is 1. The topological polar surface area (TPSA) is 64.0 Å². The predicted octanol–water partition coefficient (Wildman–Crippen LogP) is 4.73. The Balaban J connectivity index is 1.75. The standard InChI is InChI=1S/C21H20BrN3O2S/c1-13-4-7-16(8-5-13)25-20(26)11-10-19(24-25)28-15(3)21(27)23-18-9-6-14(2)12-17(18)22/h4-12,15H,1-3H3,(H,23,27). The monoisotopic (exact) mass is 457 g/mol. The number of aromatic nitrogens is 2. The summed E-state index contributed by atoms with van der Waals surface area (Å²) in [7, 11) is 0. The number of rotatable bonds is 5. The predicted molar refractivity (Wildman–Crippen MR) is 117 cm³/mol. The van der Waals surface area contributed by atoms with Crippen molar-refractivity contribution in [3.05, 3.63) is 80.6 Å². The first-order valence-corrected chi connectivity index (χ1v) is 10.4. The highest BCUT2D eigenvalue weighted by atomic mass is 79.9. The number of thioether (sulfide) groups is 1. The van der Waals surface area contributed by atoms with Crippen LogP contribution in [0.1, 0.15) is 18.1 Å². The zero-order valence-corrected chi connectivity index (χ0v) is 18.2. The molecule has 7 heteroatoms. The van der Waals surface area contributed by atoms with E-state index in [2.05, 4.69) is 26.3 Å². The maximum Gasteiger partial charge on any atom is 0.271 e. The molecule has 1 atom stereocenters. The number of carbonyl (C=O) groups is 1. The van der Waals surface area contributed by atoms with Crippen molar-refractivity contribution in [1.29, 1.82) is 0 Å². The second kappa shape index (κ2) is 8.75. The average Bonchev–Trinajstić information content (AvgIpc) is 2.66. The number of carbonyl (C=O) groups excluding carboxylic acids is 1. The Bertz CT molecular complexity index is 1060. The summed E-state index contributed by atoms with van der Waals surface area (Å²) in [5.41, 5.74) is 3.41. The normalized spacial score (nSPS) is 11.9. The van der Waals surface area contributed by atoms with Gasteiger partial charge in [0.15, 0.2) is 0 Å². The van der Waals surface area contributed by atoms with Gasteiger partial charge in [-0.25, -0.2) is 0 Å². The molecule has 144 valence electrons. The van der Waals surface area contributed by atoms with Crippen molar-refractivity contribution in [2.24, 2.45) is 0 Å². The van der Waals surface area contributed by atoms with Gasteiger partial charge in [0.1, 0.15) is 5.03 Å². The van der Waals surface area contributed by atoms with Crippen molar-refractivity contribution in [2.75, 3.05) is 5.32 Å². The Hall–Kier alpha value is -2.38. The van der Waals surface area contributed by atoms with E-state index in [0.717, 1.165) is 21.3 Å². The van der Waals surface area contributed by atoms with E-state index in [-0.39, 0.29) is 16.7 Å². The maximum atomic E-state index is 12.6. The molecular formula is C21H20BrN3O2S. The third-order valence-corrected chi connectivity index (χ3v) is 5.79. The molecule has 0 saturated carbocycles. The highest BCUT2D eigenvalue weighted by Crippen LogP contribution is 2.26. The lowest BCUT2D eigenvalue weighted by molar-refractivity contribution is -0.115. The summed E-state index contributed by atoms with van der Waals surface area (Å²) in [6.45, 7) is 5.79.